The van der Waals surface area contributed by atoms with Crippen LogP contribution in [0.5, 0.6) is 0 Å². The predicted octanol–water partition coefficient (Wildman–Crippen LogP) is 3.40. The molecule has 2 aromatic carbocycles. The fraction of sp³-hybridized carbons (Fsp3) is 0.381. The van der Waals surface area contributed by atoms with Crippen molar-refractivity contribution in [2.75, 3.05) is 19.8 Å². The van der Waals surface area contributed by atoms with Crippen LogP contribution in [0.4, 0.5) is 4.39 Å². The van der Waals surface area contributed by atoms with Crippen molar-refractivity contribution in [2.24, 2.45) is 0 Å². The van der Waals surface area contributed by atoms with E-state index >= 15 is 0 Å². The quantitative estimate of drug-likeness (QED) is 0.481. The van der Waals surface area contributed by atoms with Gasteiger partial charge >= 0.3 is 5.97 Å². The number of hydrogen-bond acceptors (Lipinski definition) is 6. The standard InChI is InChI=1S/C21H24FNO5S/c22-19-11-9-18(10-12-19)20(21(24)27-15-17-7-3-1-4-8-17)29(25,26)28-16-23-13-5-2-6-14-23/h1,3-4,7-12,20H,2,5-6,13-16H2. The Kier molecular flexibility index (Phi) is 7.35. The van der Waals surface area contributed by atoms with Crippen LogP contribution in [0, 0.1) is 5.82 Å². The molecular formula is C21H24FNO5S. The molecule has 6 nitrogen and oxygen atoms in total. The van der Waals surface area contributed by atoms with E-state index in [1.165, 1.54) is 12.1 Å². The fourth-order valence-corrected chi connectivity index (χ4v) is 4.39. The maximum atomic E-state index is 13.3. The Morgan fingerprint density at radius 2 is 1.66 bits per heavy atom. The number of carbonyl (C=O) groups excluding carboxylic acids is 1. The van der Waals surface area contributed by atoms with Gasteiger partial charge in [0.15, 0.2) is 0 Å². The molecule has 8 heteroatoms. The summed E-state index contributed by atoms with van der Waals surface area (Å²) in [5.74, 6) is -1.49. The fourth-order valence-electron chi connectivity index (χ4n) is 3.17. The monoisotopic (exact) mass is 421 g/mol. The second-order valence-corrected chi connectivity index (χ2v) is 8.64. The lowest BCUT2D eigenvalue weighted by molar-refractivity contribution is -0.144. The van der Waals surface area contributed by atoms with Crippen LogP contribution in [0.2, 0.25) is 0 Å². The molecule has 0 aliphatic carbocycles. The van der Waals surface area contributed by atoms with E-state index in [0.717, 1.165) is 50.0 Å². The number of rotatable bonds is 8. The molecule has 0 aromatic heterocycles. The van der Waals surface area contributed by atoms with E-state index in [9.17, 15) is 17.6 Å². The molecule has 1 aliphatic rings. The van der Waals surface area contributed by atoms with Crippen molar-refractivity contribution in [3.8, 4) is 0 Å². The van der Waals surface area contributed by atoms with Crippen LogP contribution in [-0.4, -0.2) is 39.1 Å². The van der Waals surface area contributed by atoms with Gasteiger partial charge in [-0.15, -0.1) is 0 Å². The molecule has 1 atom stereocenters. The van der Waals surface area contributed by atoms with Crippen molar-refractivity contribution < 1.29 is 26.5 Å². The van der Waals surface area contributed by atoms with E-state index in [1.54, 1.807) is 24.3 Å². The minimum atomic E-state index is -4.33. The molecule has 0 spiro atoms. The van der Waals surface area contributed by atoms with Gasteiger partial charge in [-0.3, -0.25) is 13.9 Å². The summed E-state index contributed by atoms with van der Waals surface area (Å²) in [5.41, 5.74) is 0.827. The van der Waals surface area contributed by atoms with Crippen LogP contribution in [0.1, 0.15) is 35.6 Å². The summed E-state index contributed by atoms with van der Waals surface area (Å²) in [7, 11) is -4.33. The summed E-state index contributed by atoms with van der Waals surface area (Å²) in [6.07, 6.45) is 3.06. The highest BCUT2D eigenvalue weighted by atomic mass is 32.2. The first-order valence-corrected chi connectivity index (χ1v) is 11.0. The number of hydrogen-bond donors (Lipinski definition) is 0. The number of benzene rings is 2. The van der Waals surface area contributed by atoms with E-state index in [4.69, 9.17) is 8.92 Å². The third-order valence-electron chi connectivity index (χ3n) is 4.75. The SMILES string of the molecule is O=C(OCc1ccccc1)C(c1ccc(F)cc1)S(=O)(=O)OCN1CCCCC1. The van der Waals surface area contributed by atoms with E-state index in [0.29, 0.717) is 0 Å². The highest BCUT2D eigenvalue weighted by molar-refractivity contribution is 7.87. The van der Waals surface area contributed by atoms with Crippen molar-refractivity contribution in [1.29, 1.82) is 0 Å². The zero-order valence-electron chi connectivity index (χ0n) is 16.0. The largest absolute Gasteiger partial charge is 0.460 e. The van der Waals surface area contributed by atoms with Gasteiger partial charge in [0.25, 0.3) is 10.1 Å². The summed E-state index contributed by atoms with van der Waals surface area (Å²) >= 11 is 0. The molecule has 29 heavy (non-hydrogen) atoms. The number of likely N-dealkylation sites (tertiary alicyclic amines) is 1. The second-order valence-electron chi connectivity index (χ2n) is 6.94. The summed E-state index contributed by atoms with van der Waals surface area (Å²) in [6.45, 7) is 1.30. The van der Waals surface area contributed by atoms with Gasteiger partial charge in [-0.2, -0.15) is 8.42 Å². The van der Waals surface area contributed by atoms with Crippen LogP contribution >= 0.6 is 0 Å². The lowest BCUT2D eigenvalue weighted by Gasteiger charge is -2.26. The molecule has 1 unspecified atom stereocenters. The Morgan fingerprint density at radius 1 is 1.00 bits per heavy atom. The Morgan fingerprint density at radius 3 is 2.31 bits per heavy atom. The molecule has 0 radical (unpaired) electrons. The van der Waals surface area contributed by atoms with Crippen LogP contribution in [0.25, 0.3) is 0 Å². The molecule has 0 bridgehead atoms. The molecule has 0 amide bonds. The average Bonchev–Trinajstić information content (AvgIpc) is 2.74. The Hall–Kier alpha value is -2.29. The Balaban J connectivity index is 1.75. The van der Waals surface area contributed by atoms with E-state index < -0.39 is 27.2 Å². The first-order chi connectivity index (χ1) is 14.0. The molecule has 0 N–H and O–H groups in total. The molecule has 1 saturated heterocycles. The molecular weight excluding hydrogens is 397 g/mol. The van der Waals surface area contributed by atoms with Gasteiger partial charge in [-0.05, 0) is 36.1 Å². The second kappa shape index (κ2) is 9.96. The summed E-state index contributed by atoms with van der Waals surface area (Å²) in [6, 6.07) is 13.7. The normalized spacial score (nSPS) is 16.3. The molecule has 1 heterocycles. The van der Waals surface area contributed by atoms with Gasteiger partial charge in [0.1, 0.15) is 19.2 Å². The number of nitrogens with zero attached hydrogens (tertiary/aromatic N) is 1. The van der Waals surface area contributed by atoms with Crippen molar-refractivity contribution in [1.82, 2.24) is 4.90 Å². The summed E-state index contributed by atoms with van der Waals surface area (Å²) in [5, 5.41) is -1.68. The zero-order chi connectivity index (χ0) is 20.7. The smallest absolute Gasteiger partial charge is 0.331 e. The van der Waals surface area contributed by atoms with E-state index in [1.807, 2.05) is 11.0 Å². The van der Waals surface area contributed by atoms with Gasteiger partial charge in [0.05, 0.1) is 0 Å². The minimum Gasteiger partial charge on any atom is -0.460 e. The first kappa shape index (κ1) is 21.4. The number of carbonyl (C=O) groups is 1. The van der Waals surface area contributed by atoms with Gasteiger partial charge in [0, 0.05) is 13.1 Å². The van der Waals surface area contributed by atoms with Crippen LogP contribution < -0.4 is 0 Å². The highest BCUT2D eigenvalue weighted by Gasteiger charge is 2.37. The van der Waals surface area contributed by atoms with E-state index in [2.05, 4.69) is 0 Å². The summed E-state index contributed by atoms with van der Waals surface area (Å²) < 4.78 is 49.5. The van der Waals surface area contributed by atoms with Gasteiger partial charge < -0.3 is 4.74 Å². The van der Waals surface area contributed by atoms with Gasteiger partial charge in [-0.1, -0.05) is 48.9 Å². The maximum absolute atomic E-state index is 13.3. The van der Waals surface area contributed by atoms with Gasteiger partial charge in [-0.25, -0.2) is 4.39 Å². The van der Waals surface area contributed by atoms with Crippen LogP contribution in [-0.2, 0) is 30.4 Å². The third-order valence-corrected chi connectivity index (χ3v) is 6.22. The van der Waals surface area contributed by atoms with E-state index in [-0.39, 0.29) is 18.9 Å². The predicted molar refractivity (Wildman–Crippen MR) is 106 cm³/mol. The van der Waals surface area contributed by atoms with Crippen molar-refractivity contribution in [3.63, 3.8) is 0 Å². The van der Waals surface area contributed by atoms with Crippen LogP contribution in [0.3, 0.4) is 0 Å². The lowest BCUT2D eigenvalue weighted by atomic mass is 10.1. The topological polar surface area (TPSA) is 72.9 Å². The summed E-state index contributed by atoms with van der Waals surface area (Å²) in [4.78, 5) is 14.6. The highest BCUT2D eigenvalue weighted by Crippen LogP contribution is 2.27. The first-order valence-electron chi connectivity index (χ1n) is 9.52. The molecule has 1 aliphatic heterocycles. The van der Waals surface area contributed by atoms with Crippen molar-refractivity contribution in [3.05, 3.63) is 71.5 Å². The Labute approximate surface area is 170 Å². The molecule has 1 fully saturated rings. The minimum absolute atomic E-state index is 0.0704. The molecule has 156 valence electrons. The lowest BCUT2D eigenvalue weighted by Crippen LogP contribution is -2.35. The maximum Gasteiger partial charge on any atom is 0.331 e. The number of piperidine rings is 1. The third kappa shape index (κ3) is 6.09. The van der Waals surface area contributed by atoms with Gasteiger partial charge in [0.2, 0.25) is 5.25 Å². The molecule has 3 rings (SSSR count). The Bertz CT molecular complexity index is 896. The van der Waals surface area contributed by atoms with Crippen LogP contribution in [0.15, 0.2) is 54.6 Å². The molecule has 2 aromatic rings. The number of ether oxygens (including phenoxy) is 1. The number of halogens is 1. The average molecular weight is 421 g/mol. The van der Waals surface area contributed by atoms with Crippen molar-refractivity contribution in [2.45, 2.75) is 31.1 Å². The zero-order valence-corrected chi connectivity index (χ0v) is 16.8. The number of esters is 1. The van der Waals surface area contributed by atoms with Crippen molar-refractivity contribution >= 4 is 16.1 Å². The molecule has 0 saturated carbocycles.